The summed E-state index contributed by atoms with van der Waals surface area (Å²) in [5.41, 5.74) is -4.61. The number of hydrogen-bond acceptors (Lipinski definition) is 20. The van der Waals surface area contributed by atoms with Crippen LogP contribution in [0, 0.1) is 10.8 Å². The SMILES string of the molecule is COC(=N)C(/N=N\OO)(/N=N/OO)c1ccc(C(/N=N/OO)(/N=N/OO)C(=N)OC)cc1. The van der Waals surface area contributed by atoms with E-state index in [1.807, 2.05) is 0 Å². The van der Waals surface area contributed by atoms with Crippen LogP contribution in [0.4, 0.5) is 0 Å². The Balaban J connectivity index is 3.74. The van der Waals surface area contributed by atoms with Crippen LogP contribution >= 0.6 is 0 Å². The third kappa shape index (κ3) is 5.39. The van der Waals surface area contributed by atoms with E-state index >= 15 is 0 Å². The Morgan fingerprint density at radius 1 is 0.625 bits per heavy atom. The van der Waals surface area contributed by atoms with Gasteiger partial charge in [-0.1, -0.05) is 24.3 Å². The average Bonchev–Trinajstić information content (AvgIpc) is 2.84. The highest BCUT2D eigenvalue weighted by molar-refractivity contribution is 5.86. The molecule has 0 fully saturated rings. The standard InChI is InChI=1S/C12H16N10O10/c1-27-9(13)11(15-19-29-23,16-20-30-24)7-3-5-8(6-4-7)12(10(14)28-2,17-21-31-25)18-22-32-26/h3-6,13-14,23-26H,1-2H3/b13-9?,14-10?,19-15-,20-16+,21-17+,22-18+. The number of hydrogen-bond donors (Lipinski definition) is 6. The number of ether oxygens (including phenoxy) is 2. The van der Waals surface area contributed by atoms with Crippen molar-refractivity contribution in [1.82, 2.24) is 0 Å². The number of nitrogens with zero attached hydrogens (tertiary/aromatic N) is 8. The molecule has 0 spiro atoms. The molecule has 0 aromatic heterocycles. The third-order valence-corrected chi connectivity index (χ3v) is 3.62. The maximum Gasteiger partial charge on any atom is 0.296 e. The molecular formula is C12H16N10O10. The lowest BCUT2D eigenvalue weighted by atomic mass is 9.94. The van der Waals surface area contributed by atoms with Gasteiger partial charge in [0.05, 0.1) is 35.3 Å². The third-order valence-electron chi connectivity index (χ3n) is 3.62. The van der Waals surface area contributed by atoms with Crippen molar-refractivity contribution in [3.8, 4) is 0 Å². The highest BCUT2D eigenvalue weighted by atomic mass is 17.2. The number of benzene rings is 1. The Kier molecular flexibility index (Phi) is 9.88. The fourth-order valence-electron chi connectivity index (χ4n) is 2.24. The average molecular weight is 460 g/mol. The van der Waals surface area contributed by atoms with E-state index in [2.05, 4.69) is 61.5 Å². The molecule has 20 nitrogen and oxygen atoms in total. The Labute approximate surface area is 176 Å². The molecule has 6 N–H and O–H groups in total. The molecule has 1 aromatic carbocycles. The fraction of sp³-hybridized carbons (Fsp3) is 0.333. The molecule has 20 heteroatoms. The summed E-state index contributed by atoms with van der Waals surface area (Å²) in [6.45, 7) is 0. The van der Waals surface area contributed by atoms with Crippen LogP contribution in [0.25, 0.3) is 0 Å². The summed E-state index contributed by atoms with van der Waals surface area (Å²) < 4.78 is 9.63. The minimum absolute atomic E-state index is 0.0433. The molecule has 0 aliphatic carbocycles. The maximum atomic E-state index is 8.49. The molecule has 0 saturated heterocycles. The van der Waals surface area contributed by atoms with Crippen molar-refractivity contribution in [1.29, 1.82) is 10.8 Å². The molecule has 0 aliphatic heterocycles. The monoisotopic (exact) mass is 460 g/mol. The minimum atomic E-state index is -2.26. The molecule has 0 radical (unpaired) electrons. The van der Waals surface area contributed by atoms with Gasteiger partial charge < -0.3 is 9.47 Å². The van der Waals surface area contributed by atoms with Crippen LogP contribution in [0.15, 0.2) is 65.8 Å². The van der Waals surface area contributed by atoms with Gasteiger partial charge in [0.25, 0.3) is 11.3 Å². The van der Waals surface area contributed by atoms with Crippen molar-refractivity contribution < 1.29 is 50.5 Å². The zero-order valence-electron chi connectivity index (χ0n) is 16.1. The molecule has 0 amide bonds. The van der Waals surface area contributed by atoms with Gasteiger partial charge in [-0.2, -0.15) is 21.0 Å². The molecule has 0 aliphatic rings. The van der Waals surface area contributed by atoms with E-state index in [9.17, 15) is 0 Å². The second kappa shape index (κ2) is 12.3. The second-order valence-electron chi connectivity index (χ2n) is 5.04. The Hall–Kier alpha value is -4.40. The van der Waals surface area contributed by atoms with Crippen molar-refractivity contribution >= 4 is 11.8 Å². The molecule has 0 saturated carbocycles. The van der Waals surface area contributed by atoms with E-state index in [-0.39, 0.29) is 11.1 Å². The molecule has 32 heavy (non-hydrogen) atoms. The summed E-state index contributed by atoms with van der Waals surface area (Å²) in [6.07, 6.45) is 0. The van der Waals surface area contributed by atoms with Crippen LogP contribution in [0.5, 0.6) is 0 Å². The van der Waals surface area contributed by atoms with Crippen molar-refractivity contribution in [2.45, 2.75) is 11.3 Å². The first kappa shape index (κ1) is 25.6. The predicted molar refractivity (Wildman–Crippen MR) is 93.5 cm³/mol. The minimum Gasteiger partial charge on any atom is -0.481 e. The number of methoxy groups -OCH3 is 2. The highest BCUT2D eigenvalue weighted by Crippen LogP contribution is 2.35. The number of rotatable bonds is 12. The summed E-state index contributed by atoms with van der Waals surface area (Å²) in [5.74, 6) is -1.44. The van der Waals surface area contributed by atoms with Crippen molar-refractivity contribution in [2.75, 3.05) is 14.2 Å². The van der Waals surface area contributed by atoms with Gasteiger partial charge in [-0.05, 0) is 0 Å². The Morgan fingerprint density at radius 2 is 0.875 bits per heavy atom. The van der Waals surface area contributed by atoms with Gasteiger partial charge in [0, 0.05) is 11.1 Å². The first-order valence-corrected chi connectivity index (χ1v) is 7.70. The normalized spacial score (nSPS) is 13.9. The van der Waals surface area contributed by atoms with Crippen LogP contribution in [-0.4, -0.2) is 47.0 Å². The van der Waals surface area contributed by atoms with Gasteiger partial charge in [0.1, 0.15) is 0 Å². The topological polar surface area (TPSA) is 283 Å². The first-order valence-electron chi connectivity index (χ1n) is 7.70. The Morgan fingerprint density at radius 3 is 1.06 bits per heavy atom. The van der Waals surface area contributed by atoms with Crippen LogP contribution in [0.2, 0.25) is 0 Å². The van der Waals surface area contributed by atoms with Crippen molar-refractivity contribution in [3.63, 3.8) is 0 Å². The van der Waals surface area contributed by atoms with E-state index in [1.165, 1.54) is 24.3 Å². The van der Waals surface area contributed by atoms with Gasteiger partial charge in [-0.3, -0.25) is 10.8 Å². The van der Waals surface area contributed by atoms with Crippen molar-refractivity contribution in [3.05, 3.63) is 35.4 Å². The number of nitrogens with one attached hydrogen (secondary N) is 2. The van der Waals surface area contributed by atoms with Gasteiger partial charge in [0.2, 0.25) is 11.8 Å². The van der Waals surface area contributed by atoms with Crippen LogP contribution in [0.3, 0.4) is 0 Å². The molecule has 0 heterocycles. The predicted octanol–water partition coefficient (Wildman–Crippen LogP) is 2.67. The summed E-state index contributed by atoms with van der Waals surface area (Å²) in [7, 11) is 2.18. The second-order valence-corrected chi connectivity index (χ2v) is 5.04. The van der Waals surface area contributed by atoms with Gasteiger partial charge in [0.15, 0.2) is 0 Å². The van der Waals surface area contributed by atoms with Crippen LogP contribution in [0.1, 0.15) is 11.1 Å². The maximum absolute atomic E-state index is 8.49. The smallest absolute Gasteiger partial charge is 0.296 e. The van der Waals surface area contributed by atoms with Crippen LogP contribution in [-0.2, 0) is 40.8 Å². The van der Waals surface area contributed by atoms with Gasteiger partial charge in [-0.25, -0.2) is 20.0 Å². The largest absolute Gasteiger partial charge is 0.481 e. The Bertz CT molecular complexity index is 775. The van der Waals surface area contributed by atoms with Crippen LogP contribution < -0.4 is 0 Å². The molecule has 0 bridgehead atoms. The summed E-state index contributed by atoms with van der Waals surface area (Å²) >= 11 is 0. The lowest BCUT2D eigenvalue weighted by Gasteiger charge is -2.24. The lowest BCUT2D eigenvalue weighted by molar-refractivity contribution is -0.256. The summed E-state index contributed by atoms with van der Waals surface area (Å²) in [6, 6.07) is 4.83. The van der Waals surface area contributed by atoms with E-state index < -0.39 is 23.1 Å². The van der Waals surface area contributed by atoms with Gasteiger partial charge in [-0.15, -0.1) is 20.5 Å². The quantitative estimate of drug-likeness (QED) is 0.0870. The molecule has 1 rings (SSSR count). The van der Waals surface area contributed by atoms with E-state index in [1.54, 1.807) is 0 Å². The lowest BCUT2D eigenvalue weighted by Crippen LogP contribution is -2.34. The van der Waals surface area contributed by atoms with E-state index in [0.29, 0.717) is 0 Å². The molecular weight excluding hydrogens is 444 g/mol. The van der Waals surface area contributed by atoms with E-state index in [4.69, 9.17) is 41.3 Å². The fourth-order valence-corrected chi connectivity index (χ4v) is 2.24. The molecule has 1 atom stereocenters. The van der Waals surface area contributed by atoms with Crippen molar-refractivity contribution in [2.24, 2.45) is 41.6 Å². The first-order chi connectivity index (χ1) is 15.4. The summed E-state index contributed by atoms with van der Waals surface area (Å²) in [4.78, 5) is 14.1. The molecule has 1 unspecified atom stereocenters. The summed E-state index contributed by atoms with van der Waals surface area (Å²) in [5, 5.41) is 75.4. The molecule has 174 valence electrons. The van der Waals surface area contributed by atoms with Gasteiger partial charge >= 0.3 is 0 Å². The highest BCUT2D eigenvalue weighted by Gasteiger charge is 2.44. The van der Waals surface area contributed by atoms with E-state index in [0.717, 1.165) is 14.2 Å². The zero-order chi connectivity index (χ0) is 24.0. The molecule has 1 aromatic rings. The zero-order valence-corrected chi connectivity index (χ0v) is 16.1.